The van der Waals surface area contributed by atoms with Crippen LogP contribution < -0.4 is 4.90 Å². The van der Waals surface area contributed by atoms with Crippen LogP contribution in [0.4, 0.5) is 9.80 Å². The van der Waals surface area contributed by atoms with Crippen molar-refractivity contribution in [1.82, 2.24) is 14.2 Å². The van der Waals surface area contributed by atoms with Gasteiger partial charge in [0.05, 0.1) is 19.0 Å². The highest BCUT2D eigenvalue weighted by molar-refractivity contribution is 7.10. The summed E-state index contributed by atoms with van der Waals surface area (Å²) in [6.07, 6.45) is 4.91. The van der Waals surface area contributed by atoms with Gasteiger partial charge in [-0.2, -0.15) is 4.37 Å². The molecule has 1 saturated heterocycles. The molecule has 128 valence electrons. The molecule has 0 atom stereocenters. The second-order valence-electron chi connectivity index (χ2n) is 6.91. The Kier molecular flexibility index (Phi) is 5.47. The number of hydrogen-bond acceptors (Lipinski definition) is 4. The van der Waals surface area contributed by atoms with Crippen LogP contribution in [0.1, 0.15) is 45.9 Å². The lowest BCUT2D eigenvalue weighted by Gasteiger charge is -2.47. The lowest BCUT2D eigenvalue weighted by atomic mass is 10.1. The summed E-state index contributed by atoms with van der Waals surface area (Å²) in [7, 11) is 0. The summed E-state index contributed by atoms with van der Waals surface area (Å²) in [4.78, 5) is 19.0. The minimum absolute atomic E-state index is 0.000686. The summed E-state index contributed by atoms with van der Waals surface area (Å²) < 4.78 is 4.52. The van der Waals surface area contributed by atoms with Gasteiger partial charge in [-0.15, -0.1) is 0 Å². The number of amides is 2. The number of rotatable bonds is 4. The molecule has 1 aliphatic heterocycles. The number of hydrogen-bond donors (Lipinski definition) is 0. The van der Waals surface area contributed by atoms with Crippen molar-refractivity contribution in [1.29, 1.82) is 0 Å². The first-order valence-corrected chi connectivity index (χ1v) is 8.94. The van der Waals surface area contributed by atoms with E-state index in [1.54, 1.807) is 0 Å². The quantitative estimate of drug-likeness (QED) is 0.784. The molecule has 23 heavy (non-hydrogen) atoms. The maximum atomic E-state index is 12.9. The molecule has 0 radical (unpaired) electrons. The van der Waals surface area contributed by atoms with Gasteiger partial charge in [-0.05, 0) is 52.6 Å². The molecule has 2 heterocycles. The van der Waals surface area contributed by atoms with E-state index >= 15 is 0 Å². The van der Waals surface area contributed by atoms with Crippen LogP contribution in [-0.2, 0) is 6.42 Å². The van der Waals surface area contributed by atoms with Gasteiger partial charge in [-0.25, -0.2) is 4.79 Å². The third kappa shape index (κ3) is 3.75. The molecule has 5 nitrogen and oxygen atoms in total. The van der Waals surface area contributed by atoms with E-state index in [-0.39, 0.29) is 11.6 Å². The molecule has 1 aromatic rings. The minimum Gasteiger partial charge on any atom is -0.308 e. The molecule has 0 spiro atoms. The molecule has 0 aromatic carbocycles. The zero-order valence-corrected chi connectivity index (χ0v) is 15.9. The first-order chi connectivity index (χ1) is 10.8. The second-order valence-corrected chi connectivity index (χ2v) is 7.66. The van der Waals surface area contributed by atoms with Crippen molar-refractivity contribution < 1.29 is 4.79 Å². The SMILES string of the molecule is C/C=C/CN1CN(C(C)(C)C)CN(c2snc(CC)c2C)C1=O. The first kappa shape index (κ1) is 17.9. The third-order valence-corrected chi connectivity index (χ3v) is 5.25. The Morgan fingerprint density at radius 3 is 2.52 bits per heavy atom. The average Bonchev–Trinajstić information content (AvgIpc) is 2.86. The molecule has 0 saturated carbocycles. The van der Waals surface area contributed by atoms with Gasteiger partial charge in [0.1, 0.15) is 5.00 Å². The number of carbonyl (C=O) groups is 1. The summed E-state index contributed by atoms with van der Waals surface area (Å²) >= 11 is 1.43. The molecule has 1 aliphatic rings. The summed E-state index contributed by atoms with van der Waals surface area (Å²) in [6.45, 7) is 14.6. The summed E-state index contributed by atoms with van der Waals surface area (Å²) in [5, 5.41) is 0.978. The van der Waals surface area contributed by atoms with Crippen molar-refractivity contribution >= 4 is 22.6 Å². The monoisotopic (exact) mass is 336 g/mol. The predicted octanol–water partition coefficient (Wildman–Crippen LogP) is 3.85. The fourth-order valence-electron chi connectivity index (χ4n) is 2.60. The van der Waals surface area contributed by atoms with Gasteiger partial charge in [0, 0.05) is 17.6 Å². The normalized spacial score (nSPS) is 17.6. The zero-order valence-electron chi connectivity index (χ0n) is 15.1. The van der Waals surface area contributed by atoms with Crippen LogP contribution in [0.3, 0.4) is 0 Å². The van der Waals surface area contributed by atoms with Crippen LogP contribution in [0, 0.1) is 6.92 Å². The summed E-state index contributed by atoms with van der Waals surface area (Å²) in [5.74, 6) is 0. The molecule has 0 unspecified atom stereocenters. The van der Waals surface area contributed by atoms with Gasteiger partial charge in [0.25, 0.3) is 0 Å². The lowest BCUT2D eigenvalue weighted by Crippen LogP contribution is -2.62. The zero-order chi connectivity index (χ0) is 17.2. The number of carbonyl (C=O) groups excluding carboxylic acids is 1. The van der Waals surface area contributed by atoms with Gasteiger partial charge in [0.2, 0.25) is 0 Å². The van der Waals surface area contributed by atoms with Crippen LogP contribution in [0.5, 0.6) is 0 Å². The Bertz CT molecular complexity index is 588. The van der Waals surface area contributed by atoms with Gasteiger partial charge in [-0.1, -0.05) is 19.1 Å². The maximum absolute atomic E-state index is 12.9. The van der Waals surface area contributed by atoms with Crippen LogP contribution in [0.15, 0.2) is 12.2 Å². The van der Waals surface area contributed by atoms with Crippen molar-refractivity contribution in [3.63, 3.8) is 0 Å². The van der Waals surface area contributed by atoms with E-state index in [4.69, 9.17) is 0 Å². The van der Waals surface area contributed by atoms with Gasteiger partial charge < -0.3 is 4.90 Å². The molecule has 0 N–H and O–H groups in total. The van der Waals surface area contributed by atoms with E-state index in [0.717, 1.165) is 22.7 Å². The molecule has 2 rings (SSSR count). The smallest absolute Gasteiger partial charge is 0.308 e. The Labute approximate surface area is 143 Å². The second kappa shape index (κ2) is 7.01. The average molecular weight is 337 g/mol. The molecular formula is C17H28N4OS. The fraction of sp³-hybridized carbons (Fsp3) is 0.647. The largest absolute Gasteiger partial charge is 0.327 e. The first-order valence-electron chi connectivity index (χ1n) is 8.17. The summed E-state index contributed by atoms with van der Waals surface area (Å²) in [6, 6.07) is 0.0676. The Morgan fingerprint density at radius 1 is 1.30 bits per heavy atom. The van der Waals surface area contributed by atoms with Crippen molar-refractivity contribution in [2.75, 3.05) is 24.8 Å². The van der Waals surface area contributed by atoms with Crippen molar-refractivity contribution in [3.05, 3.63) is 23.4 Å². The maximum Gasteiger partial charge on any atom is 0.327 e. The fourth-order valence-corrected chi connectivity index (χ4v) is 3.55. The minimum atomic E-state index is -0.000686. The van der Waals surface area contributed by atoms with E-state index in [9.17, 15) is 4.79 Å². The van der Waals surface area contributed by atoms with Crippen LogP contribution in [0.25, 0.3) is 0 Å². The molecule has 1 aromatic heterocycles. The number of urea groups is 1. The Morgan fingerprint density at radius 2 is 2.00 bits per heavy atom. The van der Waals surface area contributed by atoms with Crippen molar-refractivity contribution in [2.45, 2.75) is 53.5 Å². The van der Waals surface area contributed by atoms with Crippen molar-refractivity contribution in [3.8, 4) is 0 Å². The third-order valence-electron chi connectivity index (χ3n) is 4.24. The number of anilines is 1. The van der Waals surface area contributed by atoms with Gasteiger partial charge in [0.15, 0.2) is 0 Å². The number of aromatic nitrogens is 1. The van der Waals surface area contributed by atoms with Crippen LogP contribution in [0.2, 0.25) is 0 Å². The van der Waals surface area contributed by atoms with E-state index in [1.807, 2.05) is 28.9 Å². The topological polar surface area (TPSA) is 39.7 Å². The highest BCUT2D eigenvalue weighted by atomic mass is 32.1. The molecule has 1 fully saturated rings. The van der Waals surface area contributed by atoms with Crippen LogP contribution in [-0.4, -0.2) is 45.6 Å². The molecule has 6 heteroatoms. The standard InChI is InChI=1S/C17H28N4OS/c1-7-9-10-19-11-20(17(4,5)6)12-21(16(19)22)15-13(3)14(8-2)18-23-15/h7,9H,8,10-12H2,1-6H3/b9-7+. The van der Waals surface area contributed by atoms with Crippen LogP contribution >= 0.6 is 11.5 Å². The van der Waals surface area contributed by atoms with Gasteiger partial charge >= 0.3 is 6.03 Å². The van der Waals surface area contributed by atoms with Gasteiger partial charge in [-0.3, -0.25) is 9.80 Å². The van der Waals surface area contributed by atoms with E-state index in [0.29, 0.717) is 19.9 Å². The Hall–Kier alpha value is -1.40. The summed E-state index contributed by atoms with van der Waals surface area (Å²) in [5.41, 5.74) is 2.22. The molecule has 2 amide bonds. The van der Waals surface area contributed by atoms with Crippen molar-refractivity contribution in [2.24, 2.45) is 0 Å². The molecule has 0 bridgehead atoms. The number of nitrogens with zero attached hydrogens (tertiary/aromatic N) is 4. The number of allylic oxidation sites excluding steroid dienone is 1. The predicted molar refractivity (Wildman–Crippen MR) is 97.0 cm³/mol. The highest BCUT2D eigenvalue weighted by Gasteiger charge is 2.37. The molecular weight excluding hydrogens is 308 g/mol. The number of aryl methyl sites for hydroxylation is 1. The highest BCUT2D eigenvalue weighted by Crippen LogP contribution is 2.32. The van der Waals surface area contributed by atoms with E-state index in [2.05, 4.69) is 43.9 Å². The Balaban J connectivity index is 2.35. The molecule has 0 aliphatic carbocycles. The lowest BCUT2D eigenvalue weighted by molar-refractivity contribution is 0.0563. The van der Waals surface area contributed by atoms with E-state index < -0.39 is 0 Å². The van der Waals surface area contributed by atoms with E-state index in [1.165, 1.54) is 11.5 Å².